The summed E-state index contributed by atoms with van der Waals surface area (Å²) in [6.45, 7) is 4.49. The van der Waals surface area contributed by atoms with Gasteiger partial charge in [-0.3, -0.25) is 4.98 Å². The summed E-state index contributed by atoms with van der Waals surface area (Å²) in [6, 6.07) is 3.70. The second kappa shape index (κ2) is 6.39. The predicted octanol–water partition coefficient (Wildman–Crippen LogP) is 1.24. The molecule has 1 heterocycles. The molecular formula is C10H13N3O3. The molecule has 1 rings (SSSR count). The highest BCUT2D eigenvalue weighted by Gasteiger charge is 1.98. The van der Waals surface area contributed by atoms with Crippen molar-refractivity contribution < 1.29 is 9.92 Å². The molecule has 86 valence electrons. The average Bonchev–Trinajstić information content (AvgIpc) is 2.29. The third-order valence-electron chi connectivity index (χ3n) is 1.87. The van der Waals surface area contributed by atoms with Crippen LogP contribution in [0.3, 0.4) is 0 Å². The molecule has 16 heavy (non-hydrogen) atoms. The molecule has 1 aromatic rings. The Morgan fingerprint density at radius 1 is 1.69 bits per heavy atom. The minimum absolute atomic E-state index is 0.0837. The Kier molecular flexibility index (Phi) is 4.78. The summed E-state index contributed by atoms with van der Waals surface area (Å²) in [5.41, 5.74) is 1.65. The lowest BCUT2D eigenvalue weighted by Crippen LogP contribution is -2.15. The number of nitrogens with zero attached hydrogens (tertiary/aromatic N) is 2. The van der Waals surface area contributed by atoms with Crippen LogP contribution in [0.1, 0.15) is 12.0 Å². The van der Waals surface area contributed by atoms with Gasteiger partial charge in [-0.05, 0) is 18.6 Å². The van der Waals surface area contributed by atoms with Gasteiger partial charge in [-0.15, -0.1) is 10.1 Å². The predicted molar refractivity (Wildman–Crippen MR) is 58.8 cm³/mol. The van der Waals surface area contributed by atoms with E-state index < -0.39 is 5.09 Å². The molecule has 0 bridgehead atoms. The Labute approximate surface area is 93.1 Å². The molecule has 6 heteroatoms. The third-order valence-corrected chi connectivity index (χ3v) is 1.87. The summed E-state index contributed by atoms with van der Waals surface area (Å²) in [6.07, 6.45) is 3.92. The molecule has 0 saturated heterocycles. The van der Waals surface area contributed by atoms with Gasteiger partial charge in [0.25, 0.3) is 5.09 Å². The zero-order chi connectivity index (χ0) is 11.8. The molecule has 0 aromatic carbocycles. The highest BCUT2D eigenvalue weighted by Crippen LogP contribution is 2.05. The van der Waals surface area contributed by atoms with Crippen LogP contribution >= 0.6 is 0 Å². The first kappa shape index (κ1) is 12.0. The maximum Gasteiger partial charge on any atom is 0.294 e. The molecule has 0 fully saturated rings. The molecule has 0 aliphatic rings. The lowest BCUT2D eigenvalue weighted by atomic mass is 10.2. The van der Waals surface area contributed by atoms with Crippen molar-refractivity contribution in [3.05, 3.63) is 46.8 Å². The number of nitrogens with one attached hydrogen (secondary N) is 1. The van der Waals surface area contributed by atoms with Crippen molar-refractivity contribution in [2.24, 2.45) is 0 Å². The van der Waals surface area contributed by atoms with Gasteiger partial charge in [0.2, 0.25) is 0 Å². The fourth-order valence-corrected chi connectivity index (χ4v) is 1.09. The van der Waals surface area contributed by atoms with Gasteiger partial charge in [0.1, 0.15) is 0 Å². The molecule has 0 atom stereocenters. The van der Waals surface area contributed by atoms with Gasteiger partial charge in [-0.2, -0.15) is 0 Å². The van der Waals surface area contributed by atoms with E-state index in [4.69, 9.17) is 0 Å². The van der Waals surface area contributed by atoms with Crippen LogP contribution in [0, 0.1) is 10.1 Å². The Hall–Kier alpha value is -2.11. The summed E-state index contributed by atoms with van der Waals surface area (Å²) >= 11 is 0. The van der Waals surface area contributed by atoms with Crippen LogP contribution in [0.25, 0.3) is 5.70 Å². The molecule has 6 nitrogen and oxygen atoms in total. The van der Waals surface area contributed by atoms with Gasteiger partial charge < -0.3 is 10.2 Å². The van der Waals surface area contributed by atoms with Crippen molar-refractivity contribution >= 4 is 5.70 Å². The first-order valence-electron chi connectivity index (χ1n) is 4.80. The van der Waals surface area contributed by atoms with E-state index >= 15 is 0 Å². The van der Waals surface area contributed by atoms with E-state index in [2.05, 4.69) is 21.7 Å². The Balaban J connectivity index is 2.19. The number of pyridine rings is 1. The largest absolute Gasteiger partial charge is 0.385 e. The highest BCUT2D eigenvalue weighted by molar-refractivity contribution is 5.60. The second-order valence-corrected chi connectivity index (χ2v) is 3.06. The van der Waals surface area contributed by atoms with Crippen LogP contribution in [0.2, 0.25) is 0 Å². The van der Waals surface area contributed by atoms with Crippen molar-refractivity contribution in [2.45, 2.75) is 6.42 Å². The third kappa shape index (κ3) is 4.41. The molecular weight excluding hydrogens is 210 g/mol. The van der Waals surface area contributed by atoms with E-state index in [1.165, 1.54) is 0 Å². The topological polar surface area (TPSA) is 77.3 Å². The molecule has 0 radical (unpaired) electrons. The van der Waals surface area contributed by atoms with Crippen LogP contribution in [0.5, 0.6) is 0 Å². The zero-order valence-corrected chi connectivity index (χ0v) is 8.76. The molecule has 1 N–H and O–H groups in total. The molecule has 0 saturated carbocycles. The van der Waals surface area contributed by atoms with Gasteiger partial charge in [-0.1, -0.05) is 6.58 Å². The van der Waals surface area contributed by atoms with Gasteiger partial charge >= 0.3 is 0 Å². The average molecular weight is 223 g/mol. The molecule has 0 aliphatic heterocycles. The monoisotopic (exact) mass is 223 g/mol. The summed E-state index contributed by atoms with van der Waals surface area (Å²) in [4.78, 5) is 18.0. The van der Waals surface area contributed by atoms with Crippen molar-refractivity contribution in [3.63, 3.8) is 0 Å². The van der Waals surface area contributed by atoms with Crippen molar-refractivity contribution in [2.75, 3.05) is 13.2 Å². The van der Waals surface area contributed by atoms with Crippen molar-refractivity contribution in [1.29, 1.82) is 0 Å². The fourth-order valence-electron chi connectivity index (χ4n) is 1.09. The van der Waals surface area contributed by atoms with Crippen LogP contribution < -0.4 is 5.32 Å². The quantitative estimate of drug-likeness (QED) is 0.427. The SMILES string of the molecule is C=C(NCCCO[N+](=O)[O-])c1cccnc1. The van der Waals surface area contributed by atoms with Gasteiger partial charge in [0.15, 0.2) is 0 Å². The summed E-state index contributed by atoms with van der Waals surface area (Å²) in [5, 5.41) is 12.1. The fraction of sp³-hybridized carbons (Fsp3) is 0.300. The maximum absolute atomic E-state index is 9.85. The summed E-state index contributed by atoms with van der Waals surface area (Å²) in [7, 11) is 0. The lowest BCUT2D eigenvalue weighted by molar-refractivity contribution is -0.757. The maximum atomic E-state index is 9.85. The Morgan fingerprint density at radius 2 is 2.50 bits per heavy atom. The van der Waals surface area contributed by atoms with E-state index in [1.807, 2.05) is 12.1 Å². The number of rotatable bonds is 7. The van der Waals surface area contributed by atoms with Crippen LogP contribution in [0.4, 0.5) is 0 Å². The van der Waals surface area contributed by atoms with Crippen molar-refractivity contribution in [3.8, 4) is 0 Å². The number of hydrogen-bond acceptors (Lipinski definition) is 5. The zero-order valence-electron chi connectivity index (χ0n) is 8.76. The number of aromatic nitrogens is 1. The van der Waals surface area contributed by atoms with E-state index in [0.717, 1.165) is 11.3 Å². The smallest absolute Gasteiger partial charge is 0.294 e. The summed E-state index contributed by atoms with van der Waals surface area (Å²) < 4.78 is 0. The highest BCUT2D eigenvalue weighted by atomic mass is 16.9. The standard InChI is InChI=1S/C10H13N3O3/c1-9(10-4-2-5-11-8-10)12-6-3-7-16-13(14)15/h2,4-5,8,12H,1,3,6-7H2. The Morgan fingerprint density at radius 3 is 3.12 bits per heavy atom. The normalized spacial score (nSPS) is 9.50. The van der Waals surface area contributed by atoms with E-state index in [-0.39, 0.29) is 6.61 Å². The molecule has 1 aromatic heterocycles. The molecule has 0 unspecified atom stereocenters. The van der Waals surface area contributed by atoms with Crippen LogP contribution in [0.15, 0.2) is 31.1 Å². The minimum atomic E-state index is -0.796. The minimum Gasteiger partial charge on any atom is -0.385 e. The summed E-state index contributed by atoms with van der Waals surface area (Å²) in [5.74, 6) is 0. The van der Waals surface area contributed by atoms with E-state index in [0.29, 0.717) is 13.0 Å². The molecule has 0 amide bonds. The van der Waals surface area contributed by atoms with Gasteiger partial charge in [0.05, 0.1) is 6.61 Å². The van der Waals surface area contributed by atoms with Crippen molar-refractivity contribution in [1.82, 2.24) is 10.3 Å². The van der Waals surface area contributed by atoms with Gasteiger partial charge in [-0.25, -0.2) is 0 Å². The lowest BCUT2D eigenvalue weighted by Gasteiger charge is -2.08. The van der Waals surface area contributed by atoms with E-state index in [9.17, 15) is 10.1 Å². The second-order valence-electron chi connectivity index (χ2n) is 3.06. The molecule has 0 spiro atoms. The first-order valence-corrected chi connectivity index (χ1v) is 4.80. The van der Waals surface area contributed by atoms with Gasteiger partial charge in [0, 0.05) is 30.2 Å². The van der Waals surface area contributed by atoms with E-state index in [1.54, 1.807) is 12.4 Å². The Bertz CT molecular complexity index is 354. The van der Waals surface area contributed by atoms with Crippen LogP contribution in [-0.4, -0.2) is 23.2 Å². The first-order chi connectivity index (χ1) is 7.70. The number of hydrogen-bond donors (Lipinski definition) is 1. The van der Waals surface area contributed by atoms with Crippen LogP contribution in [-0.2, 0) is 4.84 Å². The molecule has 0 aliphatic carbocycles.